The van der Waals surface area contributed by atoms with Crippen molar-refractivity contribution in [1.82, 2.24) is 5.32 Å². The number of para-hydroxylation sites is 1. The minimum absolute atomic E-state index is 0.193. The van der Waals surface area contributed by atoms with Gasteiger partial charge in [0, 0.05) is 0 Å². The molecule has 29 heavy (non-hydrogen) atoms. The quantitative estimate of drug-likeness (QED) is 0.448. The summed E-state index contributed by atoms with van der Waals surface area (Å²) in [6.07, 6.45) is 1.36. The fourth-order valence-electron chi connectivity index (χ4n) is 2.44. The topological polar surface area (TPSA) is 75.6 Å². The zero-order valence-corrected chi connectivity index (χ0v) is 17.3. The molecule has 3 rings (SSSR count). The van der Waals surface area contributed by atoms with E-state index < -0.39 is 11.9 Å². The van der Waals surface area contributed by atoms with Gasteiger partial charge in [-0.2, -0.15) is 0 Å². The van der Waals surface area contributed by atoms with E-state index >= 15 is 0 Å². The van der Waals surface area contributed by atoms with E-state index in [9.17, 15) is 14.7 Å². The van der Waals surface area contributed by atoms with Crippen molar-refractivity contribution in [2.24, 2.45) is 0 Å². The first-order valence-corrected chi connectivity index (χ1v) is 9.64. The Morgan fingerprint density at radius 2 is 1.62 bits per heavy atom. The van der Waals surface area contributed by atoms with Crippen LogP contribution in [0.4, 0.5) is 0 Å². The van der Waals surface area contributed by atoms with Crippen LogP contribution in [-0.4, -0.2) is 17.0 Å². The zero-order valence-electron chi connectivity index (χ0n) is 14.9. The second-order valence-corrected chi connectivity index (χ2v) is 7.16. The number of carboxylic acids is 1. The van der Waals surface area contributed by atoms with Crippen molar-refractivity contribution >= 4 is 45.5 Å². The molecule has 5 nitrogen and oxygen atoms in total. The fraction of sp³-hybridized carbons (Fsp3) is 0. The third-order valence-electron chi connectivity index (χ3n) is 3.85. The average molecular weight is 473 g/mol. The predicted molar refractivity (Wildman–Crippen MR) is 115 cm³/mol. The van der Waals surface area contributed by atoms with Crippen molar-refractivity contribution < 1.29 is 19.4 Å². The molecule has 0 fully saturated rings. The smallest absolute Gasteiger partial charge is 0.352 e. The standard InChI is InChI=1S/C22H15BrClNO4/c23-17-6-2-4-8-20(17)29-15-11-9-14(10-12-15)13-19(22(27)28)25-21(26)16-5-1-3-7-18(16)24/h1-13H,(H,25,26)(H,27,28)/b19-13-. The summed E-state index contributed by atoms with van der Waals surface area (Å²) in [6.45, 7) is 0. The number of halogens is 2. The normalized spacial score (nSPS) is 11.0. The van der Waals surface area contributed by atoms with Crippen LogP contribution in [0, 0.1) is 0 Å². The molecule has 0 atom stereocenters. The van der Waals surface area contributed by atoms with Gasteiger partial charge in [-0.05, 0) is 64.0 Å². The molecule has 146 valence electrons. The van der Waals surface area contributed by atoms with Crippen LogP contribution in [0.3, 0.4) is 0 Å². The number of carbonyl (C=O) groups excluding carboxylic acids is 1. The number of hydrogen-bond acceptors (Lipinski definition) is 3. The summed E-state index contributed by atoms with van der Waals surface area (Å²) in [6, 6.07) is 20.6. The molecule has 7 heteroatoms. The van der Waals surface area contributed by atoms with Gasteiger partial charge in [-0.1, -0.05) is 48.0 Å². The molecular weight excluding hydrogens is 458 g/mol. The monoisotopic (exact) mass is 471 g/mol. The molecule has 1 amide bonds. The van der Waals surface area contributed by atoms with Crippen molar-refractivity contribution in [3.05, 3.63) is 99.1 Å². The Hall–Kier alpha value is -3.09. The molecule has 0 aliphatic rings. The van der Waals surface area contributed by atoms with E-state index in [1.807, 2.05) is 24.3 Å². The predicted octanol–water partition coefficient (Wildman–Crippen LogP) is 5.75. The molecule has 3 aromatic rings. The van der Waals surface area contributed by atoms with Gasteiger partial charge in [0.05, 0.1) is 15.1 Å². The van der Waals surface area contributed by atoms with E-state index in [1.165, 1.54) is 12.1 Å². The van der Waals surface area contributed by atoms with Gasteiger partial charge in [-0.25, -0.2) is 4.79 Å². The summed E-state index contributed by atoms with van der Waals surface area (Å²) >= 11 is 9.41. The Morgan fingerprint density at radius 1 is 0.966 bits per heavy atom. The molecule has 0 aliphatic heterocycles. The van der Waals surface area contributed by atoms with Gasteiger partial charge >= 0.3 is 5.97 Å². The van der Waals surface area contributed by atoms with Crippen molar-refractivity contribution in [3.63, 3.8) is 0 Å². The first-order valence-electron chi connectivity index (χ1n) is 8.47. The van der Waals surface area contributed by atoms with Crippen molar-refractivity contribution in [2.75, 3.05) is 0 Å². The molecule has 0 bridgehead atoms. The van der Waals surface area contributed by atoms with Crippen LogP contribution in [0.25, 0.3) is 6.08 Å². The molecule has 0 saturated heterocycles. The Kier molecular flexibility index (Phi) is 6.69. The van der Waals surface area contributed by atoms with E-state index in [0.29, 0.717) is 17.1 Å². The third kappa shape index (κ3) is 5.47. The van der Waals surface area contributed by atoms with E-state index in [1.54, 1.807) is 42.5 Å². The number of carbonyl (C=O) groups is 2. The van der Waals surface area contributed by atoms with Crippen LogP contribution >= 0.6 is 27.5 Å². The van der Waals surface area contributed by atoms with Crippen molar-refractivity contribution in [1.29, 1.82) is 0 Å². The van der Waals surface area contributed by atoms with E-state index in [-0.39, 0.29) is 16.3 Å². The molecular formula is C22H15BrClNO4. The Labute approximate surface area is 180 Å². The van der Waals surface area contributed by atoms with Gasteiger partial charge in [0.25, 0.3) is 5.91 Å². The fourth-order valence-corrected chi connectivity index (χ4v) is 3.03. The van der Waals surface area contributed by atoms with Gasteiger partial charge in [0.2, 0.25) is 0 Å². The summed E-state index contributed by atoms with van der Waals surface area (Å²) in [7, 11) is 0. The van der Waals surface area contributed by atoms with E-state index in [4.69, 9.17) is 16.3 Å². The Bertz CT molecular complexity index is 1080. The Morgan fingerprint density at radius 3 is 2.28 bits per heavy atom. The number of aliphatic carboxylic acids is 1. The highest BCUT2D eigenvalue weighted by atomic mass is 79.9. The number of benzene rings is 3. The van der Waals surface area contributed by atoms with Crippen LogP contribution in [0.1, 0.15) is 15.9 Å². The van der Waals surface area contributed by atoms with E-state index in [2.05, 4.69) is 21.2 Å². The lowest BCUT2D eigenvalue weighted by atomic mass is 10.1. The highest BCUT2D eigenvalue weighted by Crippen LogP contribution is 2.29. The molecule has 0 radical (unpaired) electrons. The maximum absolute atomic E-state index is 12.3. The molecule has 0 unspecified atom stereocenters. The Balaban J connectivity index is 1.77. The second kappa shape index (κ2) is 9.41. The number of amides is 1. The summed E-state index contributed by atoms with van der Waals surface area (Å²) < 4.78 is 6.60. The highest BCUT2D eigenvalue weighted by Gasteiger charge is 2.15. The lowest BCUT2D eigenvalue weighted by Gasteiger charge is -2.09. The van der Waals surface area contributed by atoms with Crippen LogP contribution in [0.5, 0.6) is 11.5 Å². The van der Waals surface area contributed by atoms with Crippen LogP contribution in [-0.2, 0) is 4.79 Å². The summed E-state index contributed by atoms with van der Waals surface area (Å²) in [5.74, 6) is -0.614. The van der Waals surface area contributed by atoms with Crippen LogP contribution in [0.2, 0.25) is 5.02 Å². The number of carboxylic acid groups (broad SMARTS) is 1. The third-order valence-corrected chi connectivity index (χ3v) is 4.84. The largest absolute Gasteiger partial charge is 0.477 e. The number of rotatable bonds is 6. The maximum atomic E-state index is 12.3. The second-order valence-electron chi connectivity index (χ2n) is 5.90. The number of ether oxygens (including phenoxy) is 1. The van der Waals surface area contributed by atoms with Gasteiger partial charge in [0.1, 0.15) is 17.2 Å². The van der Waals surface area contributed by atoms with Crippen molar-refractivity contribution in [2.45, 2.75) is 0 Å². The summed E-state index contributed by atoms with van der Waals surface area (Å²) in [5.41, 5.74) is 0.509. The van der Waals surface area contributed by atoms with Crippen LogP contribution < -0.4 is 10.1 Å². The first kappa shape index (κ1) is 20.6. The molecule has 3 aromatic carbocycles. The summed E-state index contributed by atoms with van der Waals surface area (Å²) in [5, 5.41) is 12.1. The molecule has 0 saturated carbocycles. The van der Waals surface area contributed by atoms with E-state index in [0.717, 1.165) is 4.47 Å². The molecule has 0 heterocycles. The first-order chi connectivity index (χ1) is 13.9. The number of hydrogen-bond donors (Lipinski definition) is 2. The zero-order chi connectivity index (χ0) is 20.8. The minimum Gasteiger partial charge on any atom is -0.477 e. The van der Waals surface area contributed by atoms with Crippen LogP contribution in [0.15, 0.2) is 83.0 Å². The van der Waals surface area contributed by atoms with Gasteiger partial charge in [-0.3, -0.25) is 4.79 Å². The molecule has 0 aliphatic carbocycles. The number of nitrogens with one attached hydrogen (secondary N) is 1. The van der Waals surface area contributed by atoms with Crippen molar-refractivity contribution in [3.8, 4) is 11.5 Å². The average Bonchev–Trinajstić information content (AvgIpc) is 2.70. The van der Waals surface area contributed by atoms with Gasteiger partial charge in [-0.15, -0.1) is 0 Å². The SMILES string of the molecule is O=C(O)/C(=C/c1ccc(Oc2ccccc2Br)cc1)NC(=O)c1ccccc1Cl. The minimum atomic E-state index is -1.26. The lowest BCUT2D eigenvalue weighted by Crippen LogP contribution is -2.27. The van der Waals surface area contributed by atoms with Gasteiger partial charge < -0.3 is 15.2 Å². The highest BCUT2D eigenvalue weighted by molar-refractivity contribution is 9.10. The molecule has 0 aromatic heterocycles. The molecule has 0 spiro atoms. The maximum Gasteiger partial charge on any atom is 0.352 e. The molecule has 2 N–H and O–H groups in total. The lowest BCUT2D eigenvalue weighted by molar-refractivity contribution is -0.132. The van der Waals surface area contributed by atoms with Gasteiger partial charge in [0.15, 0.2) is 0 Å². The summed E-state index contributed by atoms with van der Waals surface area (Å²) in [4.78, 5) is 23.9.